The lowest BCUT2D eigenvalue weighted by Gasteiger charge is -2.35. The van der Waals surface area contributed by atoms with Gasteiger partial charge in [0.2, 0.25) is 0 Å². The zero-order chi connectivity index (χ0) is 30.6. The molecule has 228 valence electrons. The fourth-order valence-corrected chi connectivity index (χ4v) is 6.55. The van der Waals surface area contributed by atoms with E-state index in [9.17, 15) is 38.2 Å². The van der Waals surface area contributed by atoms with Crippen LogP contribution in [0.15, 0.2) is 21.9 Å². The molecule has 2 heterocycles. The van der Waals surface area contributed by atoms with Crippen LogP contribution >= 0.6 is 6.57 Å². The van der Waals surface area contributed by atoms with Crippen molar-refractivity contribution < 1.29 is 47.3 Å². The van der Waals surface area contributed by atoms with Crippen molar-refractivity contribution in [1.29, 1.82) is 0 Å². The maximum absolute atomic E-state index is 14.5. The SMILES string of the molecule is CC(C)OC(=O)[C@H](C)NP(=S)(N[C@H](C)C(=O)OC(C)C)OC[C@]1(C(F)F)O[C@H](n2ccc(=O)[nH]c2=O)[C@H](O)[C@H]1O. The summed E-state index contributed by atoms with van der Waals surface area (Å²) < 4.78 is 50.9. The first kappa shape index (κ1) is 34.1. The molecule has 7 atom stereocenters. The molecule has 40 heavy (non-hydrogen) atoms. The number of aliphatic hydroxyl groups is 2. The van der Waals surface area contributed by atoms with Gasteiger partial charge in [-0.05, 0) is 53.3 Å². The van der Waals surface area contributed by atoms with Gasteiger partial charge in [-0.25, -0.2) is 23.7 Å². The van der Waals surface area contributed by atoms with E-state index in [-0.39, 0.29) is 0 Å². The molecule has 14 nitrogen and oxygen atoms in total. The van der Waals surface area contributed by atoms with Crippen molar-refractivity contribution in [3.63, 3.8) is 0 Å². The monoisotopic (exact) mass is 616 g/mol. The van der Waals surface area contributed by atoms with Gasteiger partial charge in [0, 0.05) is 12.3 Å². The number of nitrogens with one attached hydrogen (secondary N) is 3. The summed E-state index contributed by atoms with van der Waals surface area (Å²) in [5, 5.41) is 26.5. The highest BCUT2D eigenvalue weighted by Gasteiger charge is 2.61. The average molecular weight is 617 g/mol. The molecule has 0 spiro atoms. The Hall–Kier alpha value is -2.11. The molecule has 0 bridgehead atoms. The predicted molar refractivity (Wildman–Crippen MR) is 140 cm³/mol. The Bertz CT molecular complexity index is 1180. The highest BCUT2D eigenvalue weighted by atomic mass is 32.4. The van der Waals surface area contributed by atoms with Crippen LogP contribution < -0.4 is 21.4 Å². The first-order valence-corrected chi connectivity index (χ1v) is 15.0. The number of hydrogen-bond acceptors (Lipinski definition) is 11. The van der Waals surface area contributed by atoms with Crippen LogP contribution in [0.5, 0.6) is 0 Å². The third-order valence-electron chi connectivity index (χ3n) is 5.56. The summed E-state index contributed by atoms with van der Waals surface area (Å²) in [6.07, 6.45) is -9.75. The largest absolute Gasteiger partial charge is 0.462 e. The molecule has 18 heteroatoms. The maximum atomic E-state index is 14.5. The quantitative estimate of drug-likeness (QED) is 0.146. The second-order valence-electron chi connectivity index (χ2n) is 9.71. The molecule has 0 aromatic carbocycles. The summed E-state index contributed by atoms with van der Waals surface area (Å²) in [6, 6.07) is -1.38. The van der Waals surface area contributed by atoms with Crippen molar-refractivity contribution in [2.75, 3.05) is 6.61 Å². The molecule has 0 radical (unpaired) electrons. The molecule has 0 aliphatic carbocycles. The minimum absolute atomic E-state index is 0.484. The number of ether oxygens (including phenoxy) is 3. The smallest absolute Gasteiger partial charge is 0.330 e. The number of aliphatic hydroxyl groups excluding tert-OH is 2. The number of hydrogen-bond donors (Lipinski definition) is 5. The Morgan fingerprint density at radius 3 is 2.02 bits per heavy atom. The molecule has 1 aromatic rings. The zero-order valence-corrected chi connectivity index (χ0v) is 24.4. The Labute approximate surface area is 233 Å². The van der Waals surface area contributed by atoms with Crippen molar-refractivity contribution in [2.24, 2.45) is 0 Å². The maximum Gasteiger partial charge on any atom is 0.330 e. The molecule has 5 N–H and O–H groups in total. The summed E-state index contributed by atoms with van der Waals surface area (Å²) in [4.78, 5) is 50.3. The van der Waals surface area contributed by atoms with Crippen LogP contribution in [0.4, 0.5) is 8.78 Å². The van der Waals surface area contributed by atoms with Crippen molar-refractivity contribution in [2.45, 2.75) is 96.3 Å². The van der Waals surface area contributed by atoms with E-state index in [1.165, 1.54) is 13.8 Å². The second kappa shape index (κ2) is 13.7. The molecule has 1 aromatic heterocycles. The first-order chi connectivity index (χ1) is 18.4. The van der Waals surface area contributed by atoms with E-state index in [1.807, 2.05) is 4.98 Å². The van der Waals surface area contributed by atoms with Gasteiger partial charge >= 0.3 is 17.6 Å². The van der Waals surface area contributed by atoms with Gasteiger partial charge in [0.25, 0.3) is 12.0 Å². The van der Waals surface area contributed by atoms with Crippen molar-refractivity contribution >= 4 is 30.3 Å². The normalized spacial score (nSPS) is 26.1. The van der Waals surface area contributed by atoms with Gasteiger partial charge in [-0.15, -0.1) is 0 Å². The number of carbonyl (C=O) groups is 2. The lowest BCUT2D eigenvalue weighted by Crippen LogP contribution is -2.53. The van der Waals surface area contributed by atoms with Gasteiger partial charge in [-0.3, -0.25) is 23.9 Å². The lowest BCUT2D eigenvalue weighted by atomic mass is 9.96. The predicted octanol–water partition coefficient (Wildman–Crippen LogP) is -0.108. The summed E-state index contributed by atoms with van der Waals surface area (Å²) >= 11 is 5.53. The number of carbonyl (C=O) groups excluding carboxylic acids is 2. The van der Waals surface area contributed by atoms with Crippen LogP contribution in [-0.4, -0.2) is 86.8 Å². The summed E-state index contributed by atoms with van der Waals surface area (Å²) in [6.45, 7) is 4.23. The number of nitrogens with zero attached hydrogens (tertiary/aromatic N) is 1. The first-order valence-electron chi connectivity index (χ1n) is 12.3. The Kier molecular flexibility index (Phi) is 11.7. The van der Waals surface area contributed by atoms with Gasteiger partial charge in [-0.2, -0.15) is 0 Å². The number of alkyl halides is 2. The molecule has 1 aliphatic heterocycles. The van der Waals surface area contributed by atoms with Gasteiger partial charge in [0.1, 0.15) is 24.3 Å². The highest BCUT2D eigenvalue weighted by Crippen LogP contribution is 2.46. The zero-order valence-electron chi connectivity index (χ0n) is 22.7. The van der Waals surface area contributed by atoms with E-state index >= 15 is 0 Å². The standard InChI is InChI=1S/C22H35F2N4O10PS/c1-10(2)36-18(32)12(5)26-39(40,27-13(6)19(33)37-11(3)4)35-9-22(20(23)24)16(31)15(30)17(38-22)28-8-7-14(29)25-21(28)34/h7-8,10-13,15-17,20,30-31H,9H2,1-6H3,(H,25,29,34)(H2,26,27,40)/t12-,13+,15-,16-,17+,22+,39?/m1/s1. The van der Waals surface area contributed by atoms with E-state index in [0.717, 1.165) is 12.3 Å². The fraction of sp³-hybridized carbons (Fsp3) is 0.727. The second-order valence-corrected chi connectivity index (χ2v) is 13.1. The number of aromatic amines is 1. The molecule has 0 amide bonds. The van der Waals surface area contributed by atoms with Crippen molar-refractivity contribution in [1.82, 2.24) is 19.7 Å². The number of H-pyrrole nitrogens is 1. The summed E-state index contributed by atoms with van der Waals surface area (Å²) in [5.41, 5.74) is -4.79. The Morgan fingerprint density at radius 1 is 1.10 bits per heavy atom. The average Bonchev–Trinajstić information content (AvgIpc) is 3.08. The van der Waals surface area contributed by atoms with E-state index in [0.29, 0.717) is 4.57 Å². The van der Waals surface area contributed by atoms with E-state index in [4.69, 9.17) is 30.5 Å². The van der Waals surface area contributed by atoms with Crippen LogP contribution in [0.25, 0.3) is 0 Å². The van der Waals surface area contributed by atoms with Crippen molar-refractivity contribution in [3.8, 4) is 0 Å². The van der Waals surface area contributed by atoms with Crippen LogP contribution in [0, 0.1) is 0 Å². The van der Waals surface area contributed by atoms with Crippen LogP contribution in [0.1, 0.15) is 47.8 Å². The van der Waals surface area contributed by atoms with Crippen molar-refractivity contribution in [3.05, 3.63) is 33.1 Å². The molecular formula is C22H35F2N4O10PS. The minimum Gasteiger partial charge on any atom is -0.462 e. The van der Waals surface area contributed by atoms with E-state index in [2.05, 4.69) is 10.2 Å². The molecule has 0 saturated carbocycles. The van der Waals surface area contributed by atoms with Gasteiger partial charge < -0.3 is 28.9 Å². The fourth-order valence-electron chi connectivity index (χ4n) is 3.61. The molecule has 2 rings (SSSR count). The molecular weight excluding hydrogens is 581 g/mol. The number of esters is 2. The molecule has 1 saturated heterocycles. The number of aromatic nitrogens is 2. The molecule has 1 aliphatic rings. The summed E-state index contributed by atoms with van der Waals surface area (Å²) in [5.74, 6) is -1.50. The van der Waals surface area contributed by atoms with Gasteiger partial charge in [0.05, 0.1) is 18.8 Å². The van der Waals surface area contributed by atoms with E-state index < -0.39 is 91.1 Å². The number of rotatable bonds is 13. The third-order valence-corrected chi connectivity index (χ3v) is 8.46. The topological polar surface area (TPSA) is 190 Å². The number of halogens is 2. The van der Waals surface area contributed by atoms with Crippen LogP contribution in [0.3, 0.4) is 0 Å². The third kappa shape index (κ3) is 8.22. The Balaban J connectivity index is 2.39. The highest BCUT2D eigenvalue weighted by molar-refractivity contribution is 8.10. The molecule has 1 unspecified atom stereocenters. The minimum atomic E-state index is -3.81. The Morgan fingerprint density at radius 2 is 1.60 bits per heavy atom. The van der Waals surface area contributed by atoms with Crippen LogP contribution in [0.2, 0.25) is 0 Å². The molecule has 1 fully saturated rings. The van der Waals surface area contributed by atoms with Gasteiger partial charge in [-0.1, -0.05) is 0 Å². The lowest BCUT2D eigenvalue weighted by molar-refractivity contribution is -0.191. The van der Waals surface area contributed by atoms with Gasteiger partial charge in [0.15, 0.2) is 18.4 Å². The van der Waals surface area contributed by atoms with E-state index in [1.54, 1.807) is 27.7 Å². The van der Waals surface area contributed by atoms with Crippen LogP contribution in [-0.2, 0) is 40.1 Å². The summed E-state index contributed by atoms with van der Waals surface area (Å²) in [7, 11) is 0.